The fourth-order valence-corrected chi connectivity index (χ4v) is 1.48. The number of aromatic nitrogens is 3. The first-order valence-electron chi connectivity index (χ1n) is 5.44. The summed E-state index contributed by atoms with van der Waals surface area (Å²) in [7, 11) is 2.84. The maximum absolute atomic E-state index is 13.7. The van der Waals surface area contributed by atoms with E-state index in [1.807, 2.05) is 0 Å². The fraction of sp³-hybridized carbons (Fsp3) is 0.154. The highest BCUT2D eigenvalue weighted by Crippen LogP contribution is 2.23. The van der Waals surface area contributed by atoms with Gasteiger partial charge in [-0.3, -0.25) is 0 Å². The van der Waals surface area contributed by atoms with Gasteiger partial charge in [0.25, 0.3) is 0 Å². The highest BCUT2D eigenvalue weighted by atomic mass is 19.1. The van der Waals surface area contributed by atoms with E-state index in [1.165, 1.54) is 20.3 Å². The molecule has 0 N–H and O–H groups in total. The van der Waals surface area contributed by atoms with Crippen molar-refractivity contribution >= 4 is 5.57 Å². The van der Waals surface area contributed by atoms with Crippen LogP contribution in [0, 0.1) is 5.82 Å². The molecular weight excluding hydrogens is 249 g/mol. The lowest BCUT2D eigenvalue weighted by atomic mass is 10.1. The number of methoxy groups -OCH3 is 2. The first-order valence-corrected chi connectivity index (χ1v) is 5.44. The van der Waals surface area contributed by atoms with E-state index in [4.69, 9.17) is 9.47 Å². The summed E-state index contributed by atoms with van der Waals surface area (Å²) in [4.78, 5) is 11.9. The number of hydrogen-bond donors (Lipinski definition) is 0. The summed E-state index contributed by atoms with van der Waals surface area (Å²) in [6.45, 7) is 3.80. The minimum atomic E-state index is -0.397. The van der Waals surface area contributed by atoms with Gasteiger partial charge in [-0.15, -0.1) is 4.98 Å². The van der Waals surface area contributed by atoms with Crippen LogP contribution in [0.2, 0.25) is 0 Å². The van der Waals surface area contributed by atoms with Crippen molar-refractivity contribution in [2.45, 2.75) is 0 Å². The van der Waals surface area contributed by atoms with Gasteiger partial charge in [0.1, 0.15) is 5.82 Å². The predicted octanol–water partition coefficient (Wildman–Crippen LogP) is 2.09. The van der Waals surface area contributed by atoms with Crippen LogP contribution in [0.15, 0.2) is 30.8 Å². The Kier molecular flexibility index (Phi) is 3.70. The van der Waals surface area contributed by atoms with Gasteiger partial charge in [-0.2, -0.15) is 9.97 Å². The zero-order valence-electron chi connectivity index (χ0n) is 10.6. The Morgan fingerprint density at radius 2 is 1.63 bits per heavy atom. The standard InChI is InChI=1S/C13H12FN3O2/c1-8(9-6-4-5-7-10(9)14)11-15-12(18-2)17-13(16-11)19-3/h4-7H,1H2,2-3H3. The number of rotatable bonds is 4. The van der Waals surface area contributed by atoms with Crippen LogP contribution in [-0.2, 0) is 0 Å². The fourth-order valence-electron chi connectivity index (χ4n) is 1.48. The average molecular weight is 261 g/mol. The molecule has 1 heterocycles. The second-order valence-corrected chi connectivity index (χ2v) is 3.59. The van der Waals surface area contributed by atoms with Gasteiger partial charge < -0.3 is 9.47 Å². The van der Waals surface area contributed by atoms with Crippen molar-refractivity contribution in [2.75, 3.05) is 14.2 Å². The first-order chi connectivity index (χ1) is 9.15. The molecule has 2 aromatic rings. The highest BCUT2D eigenvalue weighted by molar-refractivity contribution is 5.74. The van der Waals surface area contributed by atoms with E-state index < -0.39 is 5.82 Å². The van der Waals surface area contributed by atoms with E-state index in [0.717, 1.165) is 0 Å². The molecule has 5 nitrogen and oxygen atoms in total. The topological polar surface area (TPSA) is 57.1 Å². The third kappa shape index (κ3) is 2.67. The van der Waals surface area contributed by atoms with E-state index in [0.29, 0.717) is 11.1 Å². The van der Waals surface area contributed by atoms with Gasteiger partial charge in [-0.05, 0) is 6.07 Å². The van der Waals surface area contributed by atoms with Crippen LogP contribution < -0.4 is 9.47 Å². The van der Waals surface area contributed by atoms with Crippen LogP contribution in [0.4, 0.5) is 4.39 Å². The zero-order chi connectivity index (χ0) is 13.8. The Balaban J connectivity index is 2.47. The molecule has 1 aromatic heterocycles. The SMILES string of the molecule is C=C(c1nc(OC)nc(OC)n1)c1ccccc1F. The average Bonchev–Trinajstić information content (AvgIpc) is 2.46. The molecule has 6 heteroatoms. The minimum Gasteiger partial charge on any atom is -0.467 e. The van der Waals surface area contributed by atoms with Gasteiger partial charge in [0.05, 0.1) is 14.2 Å². The Hall–Kier alpha value is -2.50. The molecule has 98 valence electrons. The molecule has 0 saturated heterocycles. The summed E-state index contributed by atoms with van der Waals surface area (Å²) in [5.74, 6) is -0.195. The molecule has 0 aliphatic rings. The highest BCUT2D eigenvalue weighted by Gasteiger charge is 2.14. The second-order valence-electron chi connectivity index (χ2n) is 3.59. The second kappa shape index (κ2) is 5.43. The molecule has 0 fully saturated rings. The van der Waals surface area contributed by atoms with Crippen molar-refractivity contribution in [1.82, 2.24) is 15.0 Å². The van der Waals surface area contributed by atoms with Gasteiger partial charge in [0.15, 0.2) is 5.82 Å². The van der Waals surface area contributed by atoms with Crippen molar-refractivity contribution in [3.05, 3.63) is 48.0 Å². The van der Waals surface area contributed by atoms with Crippen LogP contribution in [0.25, 0.3) is 5.57 Å². The van der Waals surface area contributed by atoms with Gasteiger partial charge in [0.2, 0.25) is 0 Å². The molecular formula is C13H12FN3O2. The minimum absolute atomic E-state index is 0.0827. The van der Waals surface area contributed by atoms with Gasteiger partial charge in [-0.25, -0.2) is 4.39 Å². The monoisotopic (exact) mass is 261 g/mol. The largest absolute Gasteiger partial charge is 0.467 e. The van der Waals surface area contributed by atoms with E-state index in [9.17, 15) is 4.39 Å². The molecule has 0 unspecified atom stereocenters. The Labute approximate surface area is 109 Å². The van der Waals surface area contributed by atoms with Gasteiger partial charge >= 0.3 is 12.0 Å². The van der Waals surface area contributed by atoms with Crippen molar-refractivity contribution < 1.29 is 13.9 Å². The maximum Gasteiger partial charge on any atom is 0.322 e. The van der Waals surface area contributed by atoms with E-state index in [1.54, 1.807) is 18.2 Å². The number of hydrogen-bond acceptors (Lipinski definition) is 5. The lowest BCUT2D eigenvalue weighted by Gasteiger charge is -2.08. The quantitative estimate of drug-likeness (QED) is 0.843. The molecule has 0 atom stereocenters. The normalized spacial score (nSPS) is 10.1. The first kappa shape index (κ1) is 12.9. The third-order valence-corrected chi connectivity index (χ3v) is 2.43. The third-order valence-electron chi connectivity index (χ3n) is 2.43. The van der Waals surface area contributed by atoms with Crippen LogP contribution in [-0.4, -0.2) is 29.2 Å². The van der Waals surface area contributed by atoms with Gasteiger partial charge in [-0.1, -0.05) is 24.8 Å². The van der Waals surface area contributed by atoms with Crippen LogP contribution in [0.1, 0.15) is 11.4 Å². The summed E-state index contributed by atoms with van der Waals surface area (Å²) >= 11 is 0. The van der Waals surface area contributed by atoms with Crippen molar-refractivity contribution in [2.24, 2.45) is 0 Å². The number of benzene rings is 1. The van der Waals surface area contributed by atoms with E-state index in [2.05, 4.69) is 21.5 Å². The van der Waals surface area contributed by atoms with Crippen LogP contribution in [0.3, 0.4) is 0 Å². The van der Waals surface area contributed by atoms with Crippen molar-refractivity contribution in [3.8, 4) is 12.0 Å². The predicted molar refractivity (Wildman–Crippen MR) is 67.5 cm³/mol. The summed E-state index contributed by atoms with van der Waals surface area (Å²) in [5.41, 5.74) is 0.648. The summed E-state index contributed by atoms with van der Waals surface area (Å²) < 4.78 is 23.6. The lowest BCUT2D eigenvalue weighted by Crippen LogP contribution is -2.04. The molecule has 0 aliphatic heterocycles. The van der Waals surface area contributed by atoms with Crippen LogP contribution >= 0.6 is 0 Å². The Morgan fingerprint density at radius 3 is 2.16 bits per heavy atom. The van der Waals surface area contributed by atoms with Crippen molar-refractivity contribution in [1.29, 1.82) is 0 Å². The smallest absolute Gasteiger partial charge is 0.322 e. The van der Waals surface area contributed by atoms with E-state index in [-0.39, 0.29) is 17.8 Å². The molecule has 0 radical (unpaired) electrons. The summed E-state index contributed by atoms with van der Waals surface area (Å²) in [5, 5.41) is 0. The Morgan fingerprint density at radius 1 is 1.05 bits per heavy atom. The summed E-state index contributed by atoms with van der Waals surface area (Å²) in [6.07, 6.45) is 0. The van der Waals surface area contributed by atoms with E-state index >= 15 is 0 Å². The molecule has 0 saturated carbocycles. The molecule has 0 aliphatic carbocycles. The zero-order valence-corrected chi connectivity index (χ0v) is 10.6. The molecule has 2 rings (SSSR count). The molecule has 0 spiro atoms. The van der Waals surface area contributed by atoms with Crippen molar-refractivity contribution in [3.63, 3.8) is 0 Å². The van der Waals surface area contributed by atoms with Crippen LogP contribution in [0.5, 0.6) is 12.0 Å². The lowest BCUT2D eigenvalue weighted by molar-refractivity contribution is 0.339. The maximum atomic E-state index is 13.7. The number of halogens is 1. The molecule has 1 aromatic carbocycles. The number of ether oxygens (including phenoxy) is 2. The molecule has 0 bridgehead atoms. The molecule has 0 amide bonds. The van der Waals surface area contributed by atoms with Gasteiger partial charge in [0, 0.05) is 11.1 Å². The summed E-state index contributed by atoms with van der Waals surface area (Å²) in [6, 6.07) is 6.41. The Bertz CT molecular complexity index is 594. The number of nitrogens with zero attached hydrogens (tertiary/aromatic N) is 3. The molecule has 19 heavy (non-hydrogen) atoms.